The van der Waals surface area contributed by atoms with Gasteiger partial charge in [0.25, 0.3) is 0 Å². The molecule has 1 unspecified atom stereocenters. The van der Waals surface area contributed by atoms with E-state index in [9.17, 15) is 0 Å². The summed E-state index contributed by atoms with van der Waals surface area (Å²) in [5.41, 5.74) is 0. The molecule has 1 atom stereocenters. The molecule has 0 aromatic rings. The summed E-state index contributed by atoms with van der Waals surface area (Å²) in [5, 5.41) is 0. The van der Waals surface area contributed by atoms with Crippen LogP contribution in [0.15, 0.2) is 4.52 Å². The van der Waals surface area contributed by atoms with Crippen LogP contribution in [-0.4, -0.2) is 44.2 Å². The van der Waals surface area contributed by atoms with E-state index in [1.54, 1.807) is 4.60 Å². The maximum Gasteiger partial charge on any atom is 0.521 e. The fourth-order valence-electron chi connectivity index (χ4n) is 1.58. The predicted octanol–water partition coefficient (Wildman–Crippen LogP) is 7.71. The van der Waals surface area contributed by atoms with Gasteiger partial charge in [0.1, 0.15) is 11.2 Å². The molecule has 8 nitrogen and oxygen atoms in total. The van der Waals surface area contributed by atoms with Gasteiger partial charge in [-0.05, 0) is 38.5 Å². The summed E-state index contributed by atoms with van der Waals surface area (Å²) in [7, 11) is -4.35. The molecule has 29 heavy (non-hydrogen) atoms. The Labute approximate surface area is 181 Å². The van der Waals surface area contributed by atoms with Crippen molar-refractivity contribution in [2.75, 3.05) is 39.6 Å². The number of nitrogens with zero attached hydrogens (tertiary/aromatic N) is 2. The van der Waals surface area contributed by atoms with Crippen molar-refractivity contribution in [2.24, 2.45) is 4.52 Å². The number of hydrogen-bond acceptors (Lipinski definition) is 7. The summed E-state index contributed by atoms with van der Waals surface area (Å²) in [5.74, 6) is 0. The van der Waals surface area contributed by atoms with Gasteiger partial charge < -0.3 is 18.1 Å². The maximum absolute atomic E-state index is 6.09. The third-order valence-corrected chi connectivity index (χ3v) is 7.80. The number of rotatable bonds is 21. The van der Waals surface area contributed by atoms with Gasteiger partial charge in [0.15, 0.2) is 0 Å². The zero-order valence-corrected chi connectivity index (χ0v) is 21.9. The van der Waals surface area contributed by atoms with E-state index in [0.29, 0.717) is 39.6 Å². The molecule has 0 aliphatic heterocycles. The lowest BCUT2D eigenvalue weighted by molar-refractivity contribution is -0.0375. The smallest absolute Gasteiger partial charge is 0.318 e. The molecule has 0 aromatic carbocycles. The van der Waals surface area contributed by atoms with Crippen molar-refractivity contribution in [2.45, 2.75) is 80.1 Å². The molecule has 0 heterocycles. The fraction of sp³-hybridized carbons (Fsp3) is 1.00. The Balaban J connectivity index is 5.70. The standard InChI is InChI=1S/C18H42N2O6P3/c1-7-13-21-20(29(25-17-11-5)26-18-12-6)27(22-14-8-2)19-28(23-15-9-3)24-16-10-4/h7-18H2,1-6H3/q+1. The quantitative estimate of drug-likeness (QED) is 0.124. The van der Waals surface area contributed by atoms with Crippen LogP contribution in [0.3, 0.4) is 0 Å². The van der Waals surface area contributed by atoms with Crippen molar-refractivity contribution in [3.63, 3.8) is 0 Å². The van der Waals surface area contributed by atoms with Crippen LogP contribution < -0.4 is 0 Å². The first-order chi connectivity index (χ1) is 14.2. The minimum Gasteiger partial charge on any atom is -0.318 e. The van der Waals surface area contributed by atoms with Crippen LogP contribution in [0.25, 0.3) is 0 Å². The van der Waals surface area contributed by atoms with E-state index in [1.807, 2.05) is 0 Å². The SMILES string of the molecule is CCCON(P(OCCC)OCCC)[P+](=NP(OCCC)OCCC)OCCC. The predicted molar refractivity (Wildman–Crippen MR) is 122 cm³/mol. The van der Waals surface area contributed by atoms with Gasteiger partial charge in [0.2, 0.25) is 0 Å². The Morgan fingerprint density at radius 1 is 0.621 bits per heavy atom. The third-order valence-electron chi connectivity index (χ3n) is 2.88. The minimum atomic E-state index is -1.49. The van der Waals surface area contributed by atoms with Gasteiger partial charge in [-0.15, -0.1) is 4.52 Å². The average molecular weight is 475 g/mol. The lowest BCUT2D eigenvalue weighted by Crippen LogP contribution is -2.16. The Bertz CT molecular complexity index is 381. The highest BCUT2D eigenvalue weighted by atomic mass is 31.2. The van der Waals surface area contributed by atoms with Gasteiger partial charge in [-0.2, -0.15) is 0 Å². The zero-order valence-electron chi connectivity index (χ0n) is 19.2. The Morgan fingerprint density at radius 3 is 1.52 bits per heavy atom. The first kappa shape index (κ1) is 29.7. The molecule has 0 fully saturated rings. The van der Waals surface area contributed by atoms with Crippen LogP contribution in [0.2, 0.25) is 0 Å². The molecule has 0 aliphatic rings. The molecule has 0 aromatic heterocycles. The van der Waals surface area contributed by atoms with E-state index >= 15 is 0 Å². The molecule has 0 spiro atoms. The van der Waals surface area contributed by atoms with Crippen LogP contribution in [0.1, 0.15) is 80.1 Å². The fourth-order valence-corrected chi connectivity index (χ4v) is 6.76. The summed E-state index contributed by atoms with van der Waals surface area (Å²) in [4.78, 5) is 6.04. The summed E-state index contributed by atoms with van der Waals surface area (Å²) >= 11 is 0. The second kappa shape index (κ2) is 21.9. The molecule has 174 valence electrons. The van der Waals surface area contributed by atoms with E-state index < -0.39 is 25.1 Å². The van der Waals surface area contributed by atoms with Crippen LogP contribution >= 0.6 is 25.1 Å². The first-order valence-corrected chi connectivity index (χ1v) is 14.3. The van der Waals surface area contributed by atoms with Crippen molar-refractivity contribution in [1.82, 2.24) is 4.60 Å². The van der Waals surface area contributed by atoms with Crippen molar-refractivity contribution in [3.05, 3.63) is 0 Å². The molecule has 0 N–H and O–H groups in total. The second-order valence-corrected chi connectivity index (χ2v) is 10.6. The van der Waals surface area contributed by atoms with Crippen molar-refractivity contribution in [3.8, 4) is 0 Å². The Morgan fingerprint density at radius 2 is 1.07 bits per heavy atom. The van der Waals surface area contributed by atoms with Crippen LogP contribution in [0.5, 0.6) is 0 Å². The largest absolute Gasteiger partial charge is 0.521 e. The molecule has 0 saturated heterocycles. The van der Waals surface area contributed by atoms with Crippen molar-refractivity contribution < 1.29 is 27.5 Å². The van der Waals surface area contributed by atoms with E-state index in [0.717, 1.165) is 38.5 Å². The highest BCUT2D eigenvalue weighted by Gasteiger charge is 2.42. The third kappa shape index (κ3) is 15.2. The molecule has 0 radical (unpaired) electrons. The van der Waals surface area contributed by atoms with Crippen LogP contribution in [0, 0.1) is 0 Å². The van der Waals surface area contributed by atoms with E-state index in [-0.39, 0.29) is 0 Å². The van der Waals surface area contributed by atoms with Gasteiger partial charge >= 0.3 is 25.1 Å². The maximum atomic E-state index is 6.09. The highest BCUT2D eigenvalue weighted by Crippen LogP contribution is 2.59. The van der Waals surface area contributed by atoms with Gasteiger partial charge in [-0.3, -0.25) is 4.84 Å². The summed E-state index contributed by atoms with van der Waals surface area (Å²) in [6.45, 7) is 15.9. The highest BCUT2D eigenvalue weighted by molar-refractivity contribution is 7.62. The van der Waals surface area contributed by atoms with Gasteiger partial charge in [0, 0.05) is 4.52 Å². The second-order valence-electron chi connectivity index (χ2n) is 6.07. The molecule has 11 heteroatoms. The van der Waals surface area contributed by atoms with E-state index in [4.69, 9.17) is 32.0 Å². The lowest BCUT2D eigenvalue weighted by Gasteiger charge is -2.21. The van der Waals surface area contributed by atoms with Gasteiger partial charge in [-0.1, -0.05) is 41.5 Å². The van der Waals surface area contributed by atoms with Crippen molar-refractivity contribution in [1.29, 1.82) is 0 Å². The molecule has 0 bridgehead atoms. The van der Waals surface area contributed by atoms with E-state index in [2.05, 4.69) is 41.5 Å². The molecular weight excluding hydrogens is 433 g/mol. The lowest BCUT2D eigenvalue weighted by atomic mass is 10.5. The number of hydrogen-bond donors (Lipinski definition) is 0. The first-order valence-electron chi connectivity index (χ1n) is 10.9. The topological polar surface area (TPSA) is 71.0 Å². The minimum absolute atomic E-state index is 0.539. The molecular formula is C18H42N2O6P3+. The van der Waals surface area contributed by atoms with Crippen LogP contribution in [0.4, 0.5) is 0 Å². The monoisotopic (exact) mass is 475 g/mol. The van der Waals surface area contributed by atoms with Crippen LogP contribution in [-0.2, 0) is 27.5 Å². The summed E-state index contributed by atoms with van der Waals surface area (Å²) in [6.07, 6.45) is 5.34. The molecule has 0 rings (SSSR count). The Hall–Kier alpha value is 0.680. The van der Waals surface area contributed by atoms with Crippen molar-refractivity contribution >= 4 is 25.1 Å². The van der Waals surface area contributed by atoms with Gasteiger partial charge in [0.05, 0.1) is 33.0 Å². The summed E-state index contributed by atoms with van der Waals surface area (Å²) in [6, 6.07) is 0. The molecule has 0 saturated carbocycles. The zero-order chi connectivity index (χ0) is 21.7. The average Bonchev–Trinajstić information content (AvgIpc) is 2.74. The normalized spacial score (nSPS) is 12.7. The van der Waals surface area contributed by atoms with Gasteiger partial charge in [-0.25, -0.2) is 0 Å². The Kier molecular flexibility index (Phi) is 22.4. The van der Waals surface area contributed by atoms with E-state index in [1.165, 1.54) is 0 Å². The molecule has 0 aliphatic carbocycles. The summed E-state index contributed by atoms with van der Waals surface area (Å²) < 4.78 is 36.3. The molecule has 0 amide bonds.